The van der Waals surface area contributed by atoms with Crippen LogP contribution in [0.1, 0.15) is 26.0 Å². The molecular weight excluding hydrogens is 200 g/mol. The minimum atomic E-state index is 0.0870. The summed E-state index contributed by atoms with van der Waals surface area (Å²) in [5, 5.41) is 0.0870. The van der Waals surface area contributed by atoms with Crippen molar-refractivity contribution in [1.29, 1.82) is 0 Å². The predicted molar refractivity (Wildman–Crippen MR) is 56.8 cm³/mol. The maximum absolute atomic E-state index is 5.87. The van der Waals surface area contributed by atoms with E-state index in [1.807, 2.05) is 13.0 Å². The van der Waals surface area contributed by atoms with Gasteiger partial charge in [-0.05, 0) is 13.3 Å². The molecule has 0 aliphatic rings. The molecular formula is C10H15ClN2O. The van der Waals surface area contributed by atoms with Gasteiger partial charge in [-0.25, -0.2) is 9.97 Å². The van der Waals surface area contributed by atoms with E-state index < -0.39 is 0 Å². The van der Waals surface area contributed by atoms with E-state index in [4.69, 9.17) is 16.3 Å². The fraction of sp³-hybridized carbons (Fsp3) is 0.600. The summed E-state index contributed by atoms with van der Waals surface area (Å²) < 4.78 is 5.38. The number of ether oxygens (including phenoxy) is 1. The van der Waals surface area contributed by atoms with Gasteiger partial charge in [-0.15, -0.1) is 11.6 Å². The van der Waals surface area contributed by atoms with Crippen LogP contribution in [-0.2, 0) is 6.42 Å². The third-order valence-corrected chi connectivity index (χ3v) is 1.80. The first-order valence-corrected chi connectivity index (χ1v) is 5.23. The number of hydrogen-bond donors (Lipinski definition) is 0. The Balaban J connectivity index is 2.59. The highest BCUT2D eigenvalue weighted by atomic mass is 35.5. The third-order valence-electron chi connectivity index (χ3n) is 1.64. The summed E-state index contributed by atoms with van der Waals surface area (Å²) in [7, 11) is 0. The third kappa shape index (κ3) is 3.92. The van der Waals surface area contributed by atoms with Gasteiger partial charge in [0.05, 0.1) is 6.61 Å². The molecule has 0 saturated carbocycles. The van der Waals surface area contributed by atoms with Crippen molar-refractivity contribution in [3.8, 4) is 5.88 Å². The average molecular weight is 215 g/mol. The molecule has 0 N–H and O–H groups in total. The van der Waals surface area contributed by atoms with Crippen LogP contribution in [0.4, 0.5) is 0 Å². The summed E-state index contributed by atoms with van der Waals surface area (Å²) in [4.78, 5) is 8.12. The summed E-state index contributed by atoms with van der Waals surface area (Å²) >= 11 is 5.87. The van der Waals surface area contributed by atoms with Crippen molar-refractivity contribution < 1.29 is 4.74 Å². The van der Waals surface area contributed by atoms with E-state index in [9.17, 15) is 0 Å². The summed E-state index contributed by atoms with van der Waals surface area (Å²) in [5.74, 6) is 0.633. The molecule has 0 fully saturated rings. The van der Waals surface area contributed by atoms with Gasteiger partial charge in [0, 0.05) is 23.6 Å². The van der Waals surface area contributed by atoms with Gasteiger partial charge in [-0.3, -0.25) is 0 Å². The number of aromatic nitrogens is 2. The Hall–Kier alpha value is -0.830. The van der Waals surface area contributed by atoms with Gasteiger partial charge < -0.3 is 4.74 Å². The molecule has 1 aromatic heterocycles. The van der Waals surface area contributed by atoms with Gasteiger partial charge in [0.25, 0.3) is 0 Å². The molecule has 0 spiro atoms. The van der Waals surface area contributed by atoms with Crippen LogP contribution in [0.15, 0.2) is 12.4 Å². The zero-order valence-electron chi connectivity index (χ0n) is 8.53. The zero-order valence-corrected chi connectivity index (χ0v) is 9.29. The lowest BCUT2D eigenvalue weighted by Crippen LogP contribution is -2.03. The van der Waals surface area contributed by atoms with Crippen molar-refractivity contribution in [3.05, 3.63) is 18.1 Å². The van der Waals surface area contributed by atoms with E-state index in [-0.39, 0.29) is 5.38 Å². The topological polar surface area (TPSA) is 35.0 Å². The summed E-state index contributed by atoms with van der Waals surface area (Å²) in [5.41, 5.74) is 0.925. The van der Waals surface area contributed by atoms with Crippen molar-refractivity contribution in [2.45, 2.75) is 32.1 Å². The molecule has 0 radical (unpaired) electrons. The summed E-state index contributed by atoms with van der Waals surface area (Å²) in [6, 6.07) is 1.84. The van der Waals surface area contributed by atoms with Gasteiger partial charge >= 0.3 is 0 Å². The Morgan fingerprint density at radius 3 is 2.93 bits per heavy atom. The van der Waals surface area contributed by atoms with E-state index >= 15 is 0 Å². The van der Waals surface area contributed by atoms with Gasteiger partial charge in [-0.2, -0.15) is 0 Å². The second-order valence-corrected chi connectivity index (χ2v) is 3.93. The Morgan fingerprint density at radius 1 is 1.50 bits per heavy atom. The van der Waals surface area contributed by atoms with E-state index in [1.54, 1.807) is 0 Å². The van der Waals surface area contributed by atoms with Crippen LogP contribution in [0.5, 0.6) is 5.88 Å². The molecule has 1 heterocycles. The molecule has 4 heteroatoms. The molecule has 14 heavy (non-hydrogen) atoms. The Kier molecular flexibility index (Phi) is 4.66. The first kappa shape index (κ1) is 11.2. The molecule has 0 bridgehead atoms. The fourth-order valence-corrected chi connectivity index (χ4v) is 1.22. The van der Waals surface area contributed by atoms with E-state index in [1.165, 1.54) is 6.33 Å². The van der Waals surface area contributed by atoms with Gasteiger partial charge in [0.15, 0.2) is 0 Å². The van der Waals surface area contributed by atoms with Gasteiger partial charge in [0.1, 0.15) is 6.33 Å². The minimum absolute atomic E-state index is 0.0870. The summed E-state index contributed by atoms with van der Waals surface area (Å²) in [6.07, 6.45) is 3.23. The first-order chi connectivity index (χ1) is 6.72. The zero-order chi connectivity index (χ0) is 10.4. The van der Waals surface area contributed by atoms with E-state index in [0.29, 0.717) is 12.5 Å². The number of hydrogen-bond acceptors (Lipinski definition) is 3. The number of alkyl halides is 1. The normalized spacial score (nSPS) is 12.5. The van der Waals surface area contributed by atoms with Crippen LogP contribution < -0.4 is 4.74 Å². The number of nitrogens with zero attached hydrogens (tertiary/aromatic N) is 2. The molecule has 0 saturated heterocycles. The first-order valence-electron chi connectivity index (χ1n) is 4.80. The van der Waals surface area contributed by atoms with Crippen molar-refractivity contribution in [3.63, 3.8) is 0 Å². The maximum Gasteiger partial charge on any atom is 0.216 e. The second kappa shape index (κ2) is 5.81. The van der Waals surface area contributed by atoms with Gasteiger partial charge in [0.2, 0.25) is 5.88 Å². The number of halogens is 1. The Bertz CT molecular complexity index is 279. The SMILES string of the molecule is CCCOc1cc(CC(C)Cl)ncn1. The molecule has 0 aliphatic heterocycles. The highest BCUT2D eigenvalue weighted by Crippen LogP contribution is 2.10. The molecule has 0 amide bonds. The molecule has 0 aromatic carbocycles. The van der Waals surface area contributed by atoms with Crippen LogP contribution >= 0.6 is 11.6 Å². The fourth-order valence-electron chi connectivity index (χ4n) is 1.06. The van der Waals surface area contributed by atoms with Gasteiger partial charge in [-0.1, -0.05) is 6.92 Å². The molecule has 1 rings (SSSR count). The molecule has 0 aliphatic carbocycles. The van der Waals surface area contributed by atoms with Crippen LogP contribution in [0, 0.1) is 0 Å². The quantitative estimate of drug-likeness (QED) is 0.707. The standard InChI is InChI=1S/C10H15ClN2O/c1-3-4-14-10-6-9(5-8(2)11)12-7-13-10/h6-8H,3-5H2,1-2H3. The van der Waals surface area contributed by atoms with Crippen molar-refractivity contribution in [1.82, 2.24) is 9.97 Å². The van der Waals surface area contributed by atoms with Crippen molar-refractivity contribution in [2.24, 2.45) is 0 Å². The lowest BCUT2D eigenvalue weighted by molar-refractivity contribution is 0.304. The Morgan fingerprint density at radius 2 is 2.29 bits per heavy atom. The average Bonchev–Trinajstić information content (AvgIpc) is 2.14. The molecule has 1 unspecified atom stereocenters. The van der Waals surface area contributed by atoms with E-state index in [0.717, 1.165) is 18.5 Å². The van der Waals surface area contributed by atoms with Crippen molar-refractivity contribution in [2.75, 3.05) is 6.61 Å². The highest BCUT2D eigenvalue weighted by molar-refractivity contribution is 6.20. The maximum atomic E-state index is 5.87. The van der Waals surface area contributed by atoms with Crippen LogP contribution in [0.2, 0.25) is 0 Å². The largest absolute Gasteiger partial charge is 0.478 e. The van der Waals surface area contributed by atoms with Crippen LogP contribution in [0.25, 0.3) is 0 Å². The molecule has 1 aromatic rings. The molecule has 3 nitrogen and oxygen atoms in total. The lowest BCUT2D eigenvalue weighted by atomic mass is 10.2. The smallest absolute Gasteiger partial charge is 0.216 e. The number of rotatable bonds is 5. The van der Waals surface area contributed by atoms with Crippen molar-refractivity contribution >= 4 is 11.6 Å². The Labute approximate surface area is 89.5 Å². The second-order valence-electron chi connectivity index (χ2n) is 3.18. The lowest BCUT2D eigenvalue weighted by Gasteiger charge is -2.05. The van der Waals surface area contributed by atoms with Crippen LogP contribution in [-0.4, -0.2) is 22.0 Å². The molecule has 1 atom stereocenters. The summed E-state index contributed by atoms with van der Waals surface area (Å²) in [6.45, 7) is 4.69. The highest BCUT2D eigenvalue weighted by Gasteiger charge is 2.03. The van der Waals surface area contributed by atoms with Crippen LogP contribution in [0.3, 0.4) is 0 Å². The van der Waals surface area contributed by atoms with E-state index in [2.05, 4.69) is 16.9 Å². The molecule has 78 valence electrons. The predicted octanol–water partition coefficient (Wildman–Crippen LogP) is 2.44. The monoisotopic (exact) mass is 214 g/mol. The minimum Gasteiger partial charge on any atom is -0.478 e.